The Kier molecular flexibility index (Phi) is 2.67. The summed E-state index contributed by atoms with van der Waals surface area (Å²) >= 11 is 0. The van der Waals surface area contributed by atoms with Gasteiger partial charge in [-0.2, -0.15) is 4.79 Å². The van der Waals surface area contributed by atoms with Gasteiger partial charge < -0.3 is 10.6 Å². The Hall–Kier alpha value is -1.46. The van der Waals surface area contributed by atoms with Gasteiger partial charge in [-0.15, -0.1) is 0 Å². The van der Waals surface area contributed by atoms with Gasteiger partial charge in [0.15, 0.2) is 0 Å². The normalized spacial score (nSPS) is 23.1. The van der Waals surface area contributed by atoms with Crippen molar-refractivity contribution < 1.29 is 18.3 Å². The monoisotopic (exact) mass is 270 g/mol. The molecule has 0 amide bonds. The third-order valence-corrected chi connectivity index (χ3v) is 4.36. The van der Waals surface area contributed by atoms with Crippen LogP contribution in [0.15, 0.2) is 30.3 Å². The van der Waals surface area contributed by atoms with Gasteiger partial charge in [-0.05, 0) is 11.6 Å². The summed E-state index contributed by atoms with van der Waals surface area (Å²) < 4.78 is 23.1. The van der Waals surface area contributed by atoms with Crippen LogP contribution in [0.5, 0.6) is 0 Å². The molecule has 0 aromatic heterocycles. The van der Waals surface area contributed by atoms with Crippen molar-refractivity contribution in [2.75, 3.05) is 0 Å². The summed E-state index contributed by atoms with van der Waals surface area (Å²) in [5, 5.41) is 10.3. The van der Waals surface area contributed by atoms with Gasteiger partial charge in [-0.1, -0.05) is 24.3 Å². The highest BCUT2D eigenvalue weighted by Crippen LogP contribution is 2.37. The highest BCUT2D eigenvalue weighted by Gasteiger charge is 2.55. The summed E-state index contributed by atoms with van der Waals surface area (Å²) in [6.07, 6.45) is 2.73. The highest BCUT2D eigenvalue weighted by atomic mass is 35.7. The number of hydrogen-bond donors (Lipinski definition) is 1. The third kappa shape index (κ3) is 1.62. The first kappa shape index (κ1) is 12.0. The van der Waals surface area contributed by atoms with Crippen LogP contribution in [0.1, 0.15) is 11.1 Å². The highest BCUT2D eigenvalue weighted by molar-refractivity contribution is 8.14. The molecule has 0 bridgehead atoms. The van der Waals surface area contributed by atoms with E-state index in [1.54, 1.807) is 18.2 Å². The summed E-state index contributed by atoms with van der Waals surface area (Å²) in [5.41, 5.74) is 8.88. The number of hydrogen-bond acceptors (Lipinski definition) is 3. The second-order valence-corrected chi connectivity index (χ2v) is 6.17. The molecule has 2 rings (SSSR count). The van der Waals surface area contributed by atoms with E-state index >= 15 is 0 Å². The van der Waals surface area contributed by atoms with Crippen LogP contribution in [0.4, 0.5) is 0 Å². The second-order valence-electron chi connectivity index (χ2n) is 3.49. The minimum absolute atomic E-state index is 0.0605. The van der Waals surface area contributed by atoms with Gasteiger partial charge in [0.2, 0.25) is 0 Å². The van der Waals surface area contributed by atoms with Crippen LogP contribution < -0.4 is 0 Å². The first-order valence-electron chi connectivity index (χ1n) is 4.58. The number of rotatable bonds is 1. The van der Waals surface area contributed by atoms with Gasteiger partial charge in [-0.25, -0.2) is 8.42 Å². The Bertz CT molecular complexity index is 662. The van der Waals surface area contributed by atoms with Crippen LogP contribution in [0, 0.1) is 0 Å². The molecule has 88 valence electrons. The molecule has 0 saturated carbocycles. The Morgan fingerprint density at radius 2 is 1.94 bits per heavy atom. The molecule has 1 aromatic carbocycles. The summed E-state index contributed by atoms with van der Waals surface area (Å²) in [6, 6.07) is 6.27. The third-order valence-electron chi connectivity index (χ3n) is 2.55. The van der Waals surface area contributed by atoms with Crippen LogP contribution in [0.25, 0.3) is 11.6 Å². The summed E-state index contributed by atoms with van der Waals surface area (Å²) in [7, 11) is 0.836. The molecule has 0 fully saturated rings. The lowest BCUT2D eigenvalue weighted by Crippen LogP contribution is -2.42. The molecule has 1 aliphatic rings. The van der Waals surface area contributed by atoms with Crippen LogP contribution >= 0.6 is 10.7 Å². The van der Waals surface area contributed by atoms with Crippen LogP contribution in [0.3, 0.4) is 0 Å². The fourth-order valence-electron chi connectivity index (χ4n) is 1.73. The van der Waals surface area contributed by atoms with Crippen molar-refractivity contribution in [1.29, 1.82) is 0 Å². The molecule has 1 atom stereocenters. The van der Waals surface area contributed by atoms with Gasteiger partial charge >= 0.3 is 10.6 Å². The van der Waals surface area contributed by atoms with Crippen molar-refractivity contribution >= 4 is 31.5 Å². The van der Waals surface area contributed by atoms with Gasteiger partial charge in [0.05, 0.1) is 0 Å². The van der Waals surface area contributed by atoms with Crippen LogP contribution in [-0.2, 0) is 14.0 Å². The van der Waals surface area contributed by atoms with Crippen molar-refractivity contribution in [2.45, 2.75) is 4.93 Å². The first-order valence-corrected chi connectivity index (χ1v) is 6.89. The zero-order valence-corrected chi connectivity index (χ0v) is 9.98. The molecule has 1 aliphatic carbocycles. The number of benzene rings is 1. The lowest BCUT2D eigenvalue weighted by Gasteiger charge is -2.24. The minimum Gasteiger partial charge on any atom is -0.361 e. The molecule has 0 heterocycles. The van der Waals surface area contributed by atoms with E-state index in [2.05, 4.69) is 4.79 Å². The SMILES string of the molecule is [N-]=[N+]=C1C=Cc2ccccc2C1(O)S(=O)(=O)Cl. The van der Waals surface area contributed by atoms with Crippen molar-refractivity contribution in [1.82, 2.24) is 0 Å². The molecule has 0 spiro atoms. The van der Waals surface area contributed by atoms with E-state index in [4.69, 9.17) is 16.2 Å². The zero-order chi connectivity index (χ0) is 12.7. The molecule has 0 aliphatic heterocycles. The maximum absolute atomic E-state index is 11.5. The maximum Gasteiger partial charge on any atom is 0.345 e. The van der Waals surface area contributed by atoms with E-state index in [0.717, 1.165) is 0 Å². The number of nitrogens with zero attached hydrogens (tertiary/aromatic N) is 2. The average Bonchev–Trinajstić information content (AvgIpc) is 2.28. The Morgan fingerprint density at radius 1 is 1.29 bits per heavy atom. The van der Waals surface area contributed by atoms with Crippen LogP contribution in [0.2, 0.25) is 0 Å². The standard InChI is InChI=1S/C10H7ClN2O3S/c11-17(15,16)10(14)8-4-2-1-3-7(8)5-6-9(10)13-12/h1-6,14H. The van der Waals surface area contributed by atoms with Gasteiger partial charge in [0, 0.05) is 22.3 Å². The quantitative estimate of drug-likeness (QED) is 0.470. The Morgan fingerprint density at radius 3 is 2.53 bits per heavy atom. The minimum atomic E-state index is -4.41. The first-order chi connectivity index (χ1) is 7.91. The fourth-order valence-corrected chi connectivity index (χ4v) is 3.02. The van der Waals surface area contributed by atoms with E-state index in [9.17, 15) is 13.5 Å². The van der Waals surface area contributed by atoms with E-state index < -0.39 is 19.7 Å². The van der Waals surface area contributed by atoms with E-state index in [1.165, 1.54) is 18.2 Å². The van der Waals surface area contributed by atoms with E-state index in [0.29, 0.717) is 5.56 Å². The predicted octanol–water partition coefficient (Wildman–Crippen LogP) is 1.10. The predicted molar refractivity (Wildman–Crippen MR) is 62.8 cm³/mol. The second kappa shape index (κ2) is 3.78. The number of aliphatic hydroxyl groups is 1. The van der Waals surface area contributed by atoms with Gasteiger partial charge in [-0.3, -0.25) is 0 Å². The molecule has 0 saturated heterocycles. The molecule has 1 unspecified atom stereocenters. The smallest absolute Gasteiger partial charge is 0.345 e. The summed E-state index contributed by atoms with van der Waals surface area (Å²) in [4.78, 5) is 0.249. The molecule has 7 heteroatoms. The summed E-state index contributed by atoms with van der Waals surface area (Å²) in [5.74, 6) is 0. The largest absolute Gasteiger partial charge is 0.361 e. The van der Waals surface area contributed by atoms with Crippen LogP contribution in [-0.4, -0.2) is 24.0 Å². The van der Waals surface area contributed by atoms with E-state index in [-0.39, 0.29) is 5.56 Å². The number of halogens is 1. The zero-order valence-electron chi connectivity index (χ0n) is 8.41. The molecule has 1 aromatic rings. The van der Waals surface area contributed by atoms with Crippen molar-refractivity contribution in [3.05, 3.63) is 47.0 Å². The molecule has 17 heavy (non-hydrogen) atoms. The Balaban J connectivity index is 2.89. The summed E-state index contributed by atoms with van der Waals surface area (Å²) in [6.45, 7) is 0. The van der Waals surface area contributed by atoms with Gasteiger partial charge in [0.25, 0.3) is 9.05 Å². The lowest BCUT2D eigenvalue weighted by atomic mass is 9.93. The van der Waals surface area contributed by atoms with Crippen molar-refractivity contribution in [3.63, 3.8) is 0 Å². The molecule has 5 nitrogen and oxygen atoms in total. The molecule has 1 N–H and O–H groups in total. The van der Waals surface area contributed by atoms with E-state index in [1.807, 2.05) is 0 Å². The molecular weight excluding hydrogens is 264 g/mol. The number of fused-ring (bicyclic) bond motifs is 1. The van der Waals surface area contributed by atoms with Crippen molar-refractivity contribution in [2.24, 2.45) is 0 Å². The topological polar surface area (TPSA) is 90.8 Å². The van der Waals surface area contributed by atoms with Crippen molar-refractivity contribution in [3.8, 4) is 0 Å². The van der Waals surface area contributed by atoms with Gasteiger partial charge in [0.1, 0.15) is 0 Å². The lowest BCUT2D eigenvalue weighted by molar-refractivity contribution is -0.0240. The molecular formula is C10H7ClN2O3S. The fraction of sp³-hybridized carbons (Fsp3) is 0.100. The Labute approximate surface area is 102 Å². The maximum atomic E-state index is 11.5. The molecule has 0 radical (unpaired) electrons. The average molecular weight is 271 g/mol.